The van der Waals surface area contributed by atoms with Crippen LogP contribution in [-0.4, -0.2) is 35.9 Å². The summed E-state index contributed by atoms with van der Waals surface area (Å²) in [5.74, 6) is 2.09. The molecule has 3 rings (SSSR count). The van der Waals surface area contributed by atoms with Gasteiger partial charge < -0.3 is 20.1 Å². The van der Waals surface area contributed by atoms with E-state index >= 15 is 0 Å². The van der Waals surface area contributed by atoms with E-state index in [1.165, 1.54) is 5.56 Å². The van der Waals surface area contributed by atoms with Crippen molar-refractivity contribution < 1.29 is 14.3 Å². The molecule has 25 heavy (non-hydrogen) atoms. The molecule has 1 aromatic heterocycles. The molecule has 2 N–H and O–H groups in total. The van der Waals surface area contributed by atoms with Crippen molar-refractivity contribution in [1.82, 2.24) is 15.5 Å². The van der Waals surface area contributed by atoms with E-state index in [1.54, 1.807) is 19.2 Å². The van der Waals surface area contributed by atoms with Crippen molar-refractivity contribution in [2.75, 3.05) is 19.0 Å². The molecular formula is C18H22N4O3. The number of nitrogens with zero attached hydrogens (tertiary/aromatic N) is 2. The lowest BCUT2D eigenvalue weighted by atomic mass is 10.1. The molecule has 0 spiro atoms. The molecule has 0 bridgehead atoms. The lowest BCUT2D eigenvalue weighted by molar-refractivity contribution is 0.0957. The topological polar surface area (TPSA) is 85.4 Å². The predicted octanol–water partition coefficient (Wildman–Crippen LogP) is 2.17. The molecule has 1 unspecified atom stereocenters. The molecule has 7 nitrogen and oxygen atoms in total. The standard InChI is InChI=1S/C18H22N4O3/c1-4-24-15-8-12-7-11(2)25-16(12)9-13(15)10-20-17-6-5-14(21-22-17)18(23)19-3/h5-6,8-9,11H,4,7,10H2,1-3H3,(H,19,23)(H,20,22). The summed E-state index contributed by atoms with van der Waals surface area (Å²) in [6.45, 7) is 5.14. The second-order valence-electron chi connectivity index (χ2n) is 5.87. The average molecular weight is 342 g/mol. The van der Waals surface area contributed by atoms with Crippen LogP contribution in [-0.2, 0) is 13.0 Å². The molecule has 7 heteroatoms. The molecule has 0 saturated carbocycles. The first kappa shape index (κ1) is 17.0. The quantitative estimate of drug-likeness (QED) is 0.837. The number of hydrogen-bond acceptors (Lipinski definition) is 6. The Labute approximate surface area is 146 Å². The van der Waals surface area contributed by atoms with E-state index in [1.807, 2.05) is 13.0 Å². The lowest BCUT2D eigenvalue weighted by Crippen LogP contribution is -2.19. The number of carbonyl (C=O) groups is 1. The highest BCUT2D eigenvalue weighted by molar-refractivity contribution is 5.91. The van der Waals surface area contributed by atoms with Crippen molar-refractivity contribution >= 4 is 11.7 Å². The van der Waals surface area contributed by atoms with Crippen LogP contribution >= 0.6 is 0 Å². The molecule has 0 saturated heterocycles. The Balaban J connectivity index is 1.74. The van der Waals surface area contributed by atoms with Gasteiger partial charge in [0.25, 0.3) is 5.91 Å². The highest BCUT2D eigenvalue weighted by Gasteiger charge is 2.21. The molecule has 1 aliphatic heterocycles. The second-order valence-corrected chi connectivity index (χ2v) is 5.87. The zero-order chi connectivity index (χ0) is 17.8. The average Bonchev–Trinajstić information content (AvgIpc) is 2.98. The van der Waals surface area contributed by atoms with E-state index in [2.05, 4.69) is 33.8 Å². The number of anilines is 1. The van der Waals surface area contributed by atoms with Crippen LogP contribution in [0.25, 0.3) is 0 Å². The summed E-state index contributed by atoms with van der Waals surface area (Å²) in [5.41, 5.74) is 2.45. The minimum atomic E-state index is -0.262. The lowest BCUT2D eigenvalue weighted by Gasteiger charge is -2.13. The third-order valence-electron chi connectivity index (χ3n) is 3.96. The Morgan fingerprint density at radius 2 is 2.20 bits per heavy atom. The number of nitrogens with one attached hydrogen (secondary N) is 2. The Bertz CT molecular complexity index is 762. The van der Waals surface area contributed by atoms with Gasteiger partial charge in [0.05, 0.1) is 6.61 Å². The zero-order valence-corrected chi connectivity index (χ0v) is 14.6. The second kappa shape index (κ2) is 7.38. The predicted molar refractivity (Wildman–Crippen MR) is 94.2 cm³/mol. The van der Waals surface area contributed by atoms with Crippen molar-refractivity contribution in [2.45, 2.75) is 32.9 Å². The van der Waals surface area contributed by atoms with Crippen molar-refractivity contribution in [3.05, 3.63) is 41.1 Å². The van der Waals surface area contributed by atoms with Crippen LogP contribution in [0.2, 0.25) is 0 Å². The first-order valence-corrected chi connectivity index (χ1v) is 8.35. The molecule has 0 fully saturated rings. The van der Waals surface area contributed by atoms with Crippen LogP contribution in [0.4, 0.5) is 5.82 Å². The molecule has 2 aromatic rings. The molecule has 1 aliphatic rings. The smallest absolute Gasteiger partial charge is 0.271 e. The number of hydrogen-bond donors (Lipinski definition) is 2. The maximum Gasteiger partial charge on any atom is 0.271 e. The van der Waals surface area contributed by atoms with Gasteiger partial charge in [-0.05, 0) is 38.1 Å². The monoisotopic (exact) mass is 342 g/mol. The van der Waals surface area contributed by atoms with Crippen LogP contribution in [0.5, 0.6) is 11.5 Å². The molecule has 0 aliphatic carbocycles. The molecule has 2 heterocycles. The van der Waals surface area contributed by atoms with E-state index < -0.39 is 0 Å². The summed E-state index contributed by atoms with van der Waals surface area (Å²) >= 11 is 0. The van der Waals surface area contributed by atoms with Crippen LogP contribution in [0, 0.1) is 0 Å². The summed E-state index contributed by atoms with van der Waals surface area (Å²) in [6, 6.07) is 7.43. The summed E-state index contributed by atoms with van der Waals surface area (Å²) in [4.78, 5) is 11.5. The summed E-state index contributed by atoms with van der Waals surface area (Å²) in [7, 11) is 1.56. The van der Waals surface area contributed by atoms with Crippen LogP contribution in [0.15, 0.2) is 24.3 Å². The third-order valence-corrected chi connectivity index (χ3v) is 3.96. The number of fused-ring (bicyclic) bond motifs is 1. The molecule has 132 valence electrons. The van der Waals surface area contributed by atoms with E-state index in [9.17, 15) is 4.79 Å². The van der Waals surface area contributed by atoms with Gasteiger partial charge in [0.2, 0.25) is 0 Å². The first-order valence-electron chi connectivity index (χ1n) is 8.35. The van der Waals surface area contributed by atoms with Gasteiger partial charge in [0.1, 0.15) is 23.4 Å². The molecule has 1 amide bonds. The largest absolute Gasteiger partial charge is 0.494 e. The van der Waals surface area contributed by atoms with Crippen molar-refractivity contribution in [3.63, 3.8) is 0 Å². The maximum atomic E-state index is 11.5. The summed E-state index contributed by atoms with van der Waals surface area (Å²) in [6.07, 6.45) is 1.09. The van der Waals surface area contributed by atoms with Gasteiger partial charge >= 0.3 is 0 Å². The van der Waals surface area contributed by atoms with Crippen molar-refractivity contribution in [1.29, 1.82) is 0 Å². The van der Waals surface area contributed by atoms with Gasteiger partial charge in [-0.15, -0.1) is 10.2 Å². The Morgan fingerprint density at radius 1 is 1.36 bits per heavy atom. The number of carbonyl (C=O) groups excluding carboxylic acids is 1. The number of benzene rings is 1. The van der Waals surface area contributed by atoms with Crippen LogP contribution < -0.4 is 20.1 Å². The fourth-order valence-electron chi connectivity index (χ4n) is 2.77. The minimum Gasteiger partial charge on any atom is -0.494 e. The van der Waals surface area contributed by atoms with E-state index in [0.29, 0.717) is 19.0 Å². The summed E-state index contributed by atoms with van der Waals surface area (Å²) < 4.78 is 11.6. The van der Waals surface area contributed by atoms with E-state index in [0.717, 1.165) is 23.5 Å². The Kier molecular flexibility index (Phi) is 5.02. The van der Waals surface area contributed by atoms with Gasteiger partial charge in [-0.3, -0.25) is 4.79 Å². The van der Waals surface area contributed by atoms with Crippen molar-refractivity contribution in [2.24, 2.45) is 0 Å². The normalized spacial score (nSPS) is 15.2. The van der Waals surface area contributed by atoms with Gasteiger partial charge in [-0.1, -0.05) is 0 Å². The number of ether oxygens (including phenoxy) is 2. The summed E-state index contributed by atoms with van der Waals surface area (Å²) in [5, 5.41) is 13.7. The Morgan fingerprint density at radius 3 is 2.88 bits per heavy atom. The first-order chi connectivity index (χ1) is 12.1. The maximum absolute atomic E-state index is 11.5. The number of rotatable bonds is 6. The van der Waals surface area contributed by atoms with E-state index in [-0.39, 0.29) is 17.7 Å². The van der Waals surface area contributed by atoms with E-state index in [4.69, 9.17) is 9.47 Å². The third kappa shape index (κ3) is 3.81. The van der Waals surface area contributed by atoms with Gasteiger partial charge in [0.15, 0.2) is 5.69 Å². The molecule has 1 atom stereocenters. The fraction of sp³-hybridized carbons (Fsp3) is 0.389. The Hall–Kier alpha value is -2.83. The molecule has 0 radical (unpaired) electrons. The SMILES string of the molecule is CCOc1cc2c(cc1CNc1ccc(C(=O)NC)nn1)OC(C)C2. The van der Waals surface area contributed by atoms with Crippen molar-refractivity contribution in [3.8, 4) is 11.5 Å². The van der Waals surface area contributed by atoms with Crippen LogP contribution in [0.3, 0.4) is 0 Å². The van der Waals surface area contributed by atoms with Gasteiger partial charge in [-0.25, -0.2) is 0 Å². The zero-order valence-electron chi connectivity index (χ0n) is 14.6. The van der Waals surface area contributed by atoms with Gasteiger partial charge in [-0.2, -0.15) is 0 Å². The van der Waals surface area contributed by atoms with Crippen LogP contribution in [0.1, 0.15) is 35.5 Å². The minimum absolute atomic E-state index is 0.191. The number of aromatic nitrogens is 2. The van der Waals surface area contributed by atoms with Gasteiger partial charge in [0, 0.05) is 31.1 Å². The molecule has 1 aromatic carbocycles. The number of amides is 1. The highest BCUT2D eigenvalue weighted by Crippen LogP contribution is 2.35. The fourth-order valence-corrected chi connectivity index (χ4v) is 2.77. The highest BCUT2D eigenvalue weighted by atomic mass is 16.5. The molecular weight excluding hydrogens is 320 g/mol.